The molecule has 0 spiro atoms. The van der Waals surface area contributed by atoms with Gasteiger partial charge in [-0.2, -0.15) is 17.4 Å². The Morgan fingerprint density at radius 2 is 1.89 bits per heavy atom. The number of carboxylic acid groups (broad SMARTS) is 1. The highest BCUT2D eigenvalue weighted by molar-refractivity contribution is 7.87. The van der Waals surface area contributed by atoms with Crippen molar-refractivity contribution in [1.82, 2.24) is 14.3 Å². The molecule has 112 valence electrons. The average Bonchev–Trinajstić information content (AvgIpc) is 2.30. The van der Waals surface area contributed by atoms with E-state index in [2.05, 4.69) is 10.0 Å². The molecule has 0 aromatic carbocycles. The first kappa shape index (κ1) is 17.8. The fourth-order valence-electron chi connectivity index (χ4n) is 1.02. The number of hydrogen-bond acceptors (Lipinski definition) is 4. The molecule has 0 saturated heterocycles. The van der Waals surface area contributed by atoms with E-state index < -0.39 is 22.1 Å². The van der Waals surface area contributed by atoms with E-state index in [-0.39, 0.29) is 25.4 Å². The second-order valence-electron chi connectivity index (χ2n) is 4.49. The second-order valence-corrected chi connectivity index (χ2v) is 6.35. The third-order valence-electron chi connectivity index (χ3n) is 2.17. The van der Waals surface area contributed by atoms with E-state index in [9.17, 15) is 18.0 Å². The summed E-state index contributed by atoms with van der Waals surface area (Å²) in [5.41, 5.74) is 0. The lowest BCUT2D eigenvalue weighted by atomic mass is 10.2. The number of hydrogen-bond donors (Lipinski definition) is 3. The van der Waals surface area contributed by atoms with Crippen LogP contribution >= 0.6 is 0 Å². The summed E-state index contributed by atoms with van der Waals surface area (Å²) in [5.74, 6) is -1.24. The Morgan fingerprint density at radius 3 is 2.37 bits per heavy atom. The van der Waals surface area contributed by atoms with Gasteiger partial charge in [0.2, 0.25) is 5.91 Å². The van der Waals surface area contributed by atoms with E-state index in [1.807, 2.05) is 13.8 Å². The summed E-state index contributed by atoms with van der Waals surface area (Å²) in [6.07, 6.45) is -0.295. The van der Waals surface area contributed by atoms with Crippen LogP contribution in [0.4, 0.5) is 0 Å². The quantitative estimate of drug-likeness (QED) is 0.504. The molecule has 9 heteroatoms. The Bertz CT molecular complexity index is 407. The molecule has 0 aromatic heterocycles. The lowest BCUT2D eigenvalue weighted by Gasteiger charge is -2.16. The van der Waals surface area contributed by atoms with Crippen molar-refractivity contribution in [1.29, 1.82) is 0 Å². The number of carbonyl (C=O) groups is 2. The molecule has 0 atom stereocenters. The molecule has 0 unspecified atom stereocenters. The summed E-state index contributed by atoms with van der Waals surface area (Å²) in [7, 11) is -2.58. The molecule has 0 aliphatic heterocycles. The number of aliphatic carboxylic acids is 1. The summed E-state index contributed by atoms with van der Waals surface area (Å²) in [4.78, 5) is 21.7. The van der Waals surface area contributed by atoms with Gasteiger partial charge in [0.25, 0.3) is 10.2 Å². The maximum Gasteiger partial charge on any atom is 0.304 e. The molecule has 0 heterocycles. The van der Waals surface area contributed by atoms with Gasteiger partial charge < -0.3 is 10.4 Å². The Labute approximate surface area is 113 Å². The van der Waals surface area contributed by atoms with Gasteiger partial charge in [-0.05, 0) is 5.92 Å². The van der Waals surface area contributed by atoms with Crippen LogP contribution in [0.2, 0.25) is 0 Å². The van der Waals surface area contributed by atoms with E-state index in [1.165, 1.54) is 7.05 Å². The van der Waals surface area contributed by atoms with Gasteiger partial charge in [-0.25, -0.2) is 0 Å². The summed E-state index contributed by atoms with van der Waals surface area (Å²) in [5, 5.41) is 11.0. The molecule has 1 amide bonds. The molecular weight excluding hydrogens is 274 g/mol. The zero-order chi connectivity index (χ0) is 15.1. The highest BCUT2D eigenvalue weighted by Crippen LogP contribution is 1.95. The van der Waals surface area contributed by atoms with Crippen molar-refractivity contribution in [2.45, 2.75) is 20.3 Å². The molecule has 0 fully saturated rings. The summed E-state index contributed by atoms with van der Waals surface area (Å²) in [6, 6.07) is 0. The van der Waals surface area contributed by atoms with Gasteiger partial charge >= 0.3 is 5.97 Å². The summed E-state index contributed by atoms with van der Waals surface area (Å²) < 4.78 is 26.2. The van der Waals surface area contributed by atoms with Crippen molar-refractivity contribution in [3.63, 3.8) is 0 Å². The van der Waals surface area contributed by atoms with Crippen molar-refractivity contribution in [2.75, 3.05) is 26.7 Å². The molecule has 3 N–H and O–H groups in total. The Balaban J connectivity index is 4.15. The molecule has 0 bridgehead atoms. The monoisotopic (exact) mass is 295 g/mol. The van der Waals surface area contributed by atoms with Crippen LogP contribution in [0.5, 0.6) is 0 Å². The first-order valence-corrected chi connectivity index (χ1v) is 7.28. The number of carbonyl (C=O) groups excluding carboxylic acids is 1. The van der Waals surface area contributed by atoms with E-state index in [0.29, 0.717) is 6.54 Å². The molecular formula is C10H21N3O5S. The maximum absolute atomic E-state index is 11.6. The highest BCUT2D eigenvalue weighted by Gasteiger charge is 2.19. The topological polar surface area (TPSA) is 116 Å². The standard InChI is InChI=1S/C10H21N3O5S/c1-8(2)6-11-9(14)7-12-19(17,18)13(3)5-4-10(15)16/h8,12H,4-7H2,1-3H3,(H,11,14)(H,15,16). The van der Waals surface area contributed by atoms with Crippen LogP contribution in [-0.4, -0.2) is 56.4 Å². The number of rotatable bonds is 9. The van der Waals surface area contributed by atoms with Gasteiger partial charge in [-0.15, -0.1) is 0 Å². The SMILES string of the molecule is CC(C)CNC(=O)CNS(=O)(=O)N(C)CCC(=O)O. The number of carboxylic acids is 1. The van der Waals surface area contributed by atoms with Gasteiger partial charge in [0.05, 0.1) is 13.0 Å². The van der Waals surface area contributed by atoms with E-state index in [4.69, 9.17) is 5.11 Å². The van der Waals surface area contributed by atoms with Gasteiger partial charge in [-0.3, -0.25) is 9.59 Å². The van der Waals surface area contributed by atoms with Crippen LogP contribution in [0, 0.1) is 5.92 Å². The molecule has 0 rings (SSSR count). The minimum Gasteiger partial charge on any atom is -0.481 e. The number of nitrogens with one attached hydrogen (secondary N) is 2. The van der Waals surface area contributed by atoms with Gasteiger partial charge in [0.1, 0.15) is 0 Å². The Hall–Kier alpha value is -1.19. The van der Waals surface area contributed by atoms with E-state index in [0.717, 1.165) is 4.31 Å². The largest absolute Gasteiger partial charge is 0.481 e. The van der Waals surface area contributed by atoms with Gasteiger partial charge in [0.15, 0.2) is 0 Å². The molecule has 19 heavy (non-hydrogen) atoms. The third-order valence-corrected chi connectivity index (χ3v) is 3.69. The highest BCUT2D eigenvalue weighted by atomic mass is 32.2. The molecule has 0 aromatic rings. The first-order valence-electron chi connectivity index (χ1n) is 5.84. The number of nitrogens with zero attached hydrogens (tertiary/aromatic N) is 1. The number of amides is 1. The fraction of sp³-hybridized carbons (Fsp3) is 0.800. The zero-order valence-electron chi connectivity index (χ0n) is 11.3. The lowest BCUT2D eigenvalue weighted by Crippen LogP contribution is -2.44. The van der Waals surface area contributed by atoms with Crippen LogP contribution < -0.4 is 10.0 Å². The summed E-state index contributed by atoms with van der Waals surface area (Å²) >= 11 is 0. The van der Waals surface area contributed by atoms with Crippen molar-refractivity contribution in [3.05, 3.63) is 0 Å². The fourth-order valence-corrected chi connectivity index (χ4v) is 1.89. The average molecular weight is 295 g/mol. The Kier molecular flexibility index (Phi) is 7.57. The first-order chi connectivity index (χ1) is 8.65. The van der Waals surface area contributed by atoms with Gasteiger partial charge in [0, 0.05) is 20.1 Å². The van der Waals surface area contributed by atoms with Crippen LogP contribution in [0.25, 0.3) is 0 Å². The molecule has 0 aliphatic carbocycles. The normalized spacial score (nSPS) is 11.8. The third kappa shape index (κ3) is 8.51. The maximum atomic E-state index is 11.6. The Morgan fingerprint density at radius 1 is 1.32 bits per heavy atom. The van der Waals surface area contributed by atoms with Crippen LogP contribution in [-0.2, 0) is 19.8 Å². The smallest absolute Gasteiger partial charge is 0.304 e. The van der Waals surface area contributed by atoms with Crippen molar-refractivity contribution in [3.8, 4) is 0 Å². The van der Waals surface area contributed by atoms with E-state index >= 15 is 0 Å². The van der Waals surface area contributed by atoms with Crippen LogP contribution in [0.3, 0.4) is 0 Å². The molecule has 0 aliphatic rings. The van der Waals surface area contributed by atoms with E-state index in [1.54, 1.807) is 0 Å². The van der Waals surface area contributed by atoms with Crippen molar-refractivity contribution >= 4 is 22.1 Å². The predicted octanol–water partition coefficient (Wildman–Crippen LogP) is -1.00. The zero-order valence-corrected chi connectivity index (χ0v) is 12.2. The van der Waals surface area contributed by atoms with Gasteiger partial charge in [-0.1, -0.05) is 13.8 Å². The van der Waals surface area contributed by atoms with Crippen LogP contribution in [0.15, 0.2) is 0 Å². The predicted molar refractivity (Wildman–Crippen MR) is 69.7 cm³/mol. The van der Waals surface area contributed by atoms with Crippen molar-refractivity contribution < 1.29 is 23.1 Å². The molecule has 8 nitrogen and oxygen atoms in total. The molecule has 0 saturated carbocycles. The minimum absolute atomic E-state index is 0.154. The summed E-state index contributed by atoms with van der Waals surface area (Å²) in [6.45, 7) is 3.79. The van der Waals surface area contributed by atoms with Crippen LogP contribution in [0.1, 0.15) is 20.3 Å². The molecule has 0 radical (unpaired) electrons. The minimum atomic E-state index is -3.83. The second kappa shape index (κ2) is 8.08. The van der Waals surface area contributed by atoms with Crippen molar-refractivity contribution in [2.24, 2.45) is 5.92 Å². The lowest BCUT2D eigenvalue weighted by molar-refractivity contribution is -0.137.